The molecule has 0 radical (unpaired) electrons. The molecule has 0 spiro atoms. The molecule has 2 aromatic heterocycles. The number of imidazole rings is 1. The second-order valence-corrected chi connectivity index (χ2v) is 7.31. The quantitative estimate of drug-likeness (QED) is 0.432. The molecule has 0 saturated heterocycles. The van der Waals surface area contributed by atoms with Crippen LogP contribution in [0.1, 0.15) is 13.0 Å². The van der Waals surface area contributed by atoms with Crippen LogP contribution >= 0.6 is 0 Å². The zero-order valence-electron chi connectivity index (χ0n) is 16.7. The van der Waals surface area contributed by atoms with Crippen LogP contribution in [0.4, 0.5) is 14.5 Å². The fourth-order valence-electron chi connectivity index (χ4n) is 3.61. The lowest BCUT2D eigenvalue weighted by Gasteiger charge is -2.13. The van der Waals surface area contributed by atoms with E-state index in [1.165, 1.54) is 4.57 Å². The van der Waals surface area contributed by atoms with Gasteiger partial charge in [-0.05, 0) is 55.5 Å². The molecule has 5 rings (SSSR count). The molecule has 1 unspecified atom stereocenters. The molecule has 1 amide bonds. The van der Waals surface area contributed by atoms with Crippen molar-refractivity contribution in [2.75, 3.05) is 5.32 Å². The SMILES string of the molecule is CC(C(=O)Nc1ccc2nc(-c3cc(F)ccc3F)[nH]c2c1)n1c(=O)oc2ccccc21. The summed E-state index contributed by atoms with van der Waals surface area (Å²) >= 11 is 0. The standard InChI is InChI=1S/C23H16F2N4O3/c1-12(29-19-4-2-3-5-20(19)32-23(29)31)22(30)26-14-7-9-17-18(11-14)28-21(27-17)15-10-13(24)6-8-16(15)25/h2-12H,1H3,(H,26,30)(H,27,28). The van der Waals surface area contributed by atoms with Crippen molar-refractivity contribution in [1.82, 2.24) is 14.5 Å². The van der Waals surface area contributed by atoms with Crippen LogP contribution in [0.3, 0.4) is 0 Å². The highest BCUT2D eigenvalue weighted by Gasteiger charge is 2.21. The van der Waals surface area contributed by atoms with Gasteiger partial charge in [-0.3, -0.25) is 9.36 Å². The first-order chi connectivity index (χ1) is 15.4. The van der Waals surface area contributed by atoms with Crippen molar-refractivity contribution in [3.05, 3.63) is 82.8 Å². The molecule has 0 aliphatic heterocycles. The zero-order chi connectivity index (χ0) is 22.4. The second-order valence-electron chi connectivity index (χ2n) is 7.31. The number of hydrogen-bond acceptors (Lipinski definition) is 4. The van der Waals surface area contributed by atoms with Crippen molar-refractivity contribution in [3.8, 4) is 11.4 Å². The topological polar surface area (TPSA) is 92.9 Å². The molecular formula is C23H16F2N4O3. The normalized spacial score (nSPS) is 12.3. The van der Waals surface area contributed by atoms with Crippen molar-refractivity contribution >= 4 is 33.7 Å². The van der Waals surface area contributed by atoms with Crippen molar-refractivity contribution in [2.24, 2.45) is 0 Å². The lowest BCUT2D eigenvalue weighted by molar-refractivity contribution is -0.118. The Morgan fingerprint density at radius 1 is 1.12 bits per heavy atom. The van der Waals surface area contributed by atoms with E-state index in [2.05, 4.69) is 15.3 Å². The summed E-state index contributed by atoms with van der Waals surface area (Å²) in [6, 6.07) is 14.1. The van der Waals surface area contributed by atoms with Crippen LogP contribution in [-0.2, 0) is 4.79 Å². The van der Waals surface area contributed by atoms with Crippen LogP contribution in [0.5, 0.6) is 0 Å². The number of carbonyl (C=O) groups is 1. The number of H-pyrrole nitrogens is 1. The number of anilines is 1. The lowest BCUT2D eigenvalue weighted by atomic mass is 10.2. The molecule has 0 saturated carbocycles. The molecule has 32 heavy (non-hydrogen) atoms. The fraction of sp³-hybridized carbons (Fsp3) is 0.0870. The van der Waals surface area contributed by atoms with E-state index in [0.717, 1.165) is 18.2 Å². The van der Waals surface area contributed by atoms with Gasteiger partial charge in [-0.15, -0.1) is 0 Å². The first-order valence-corrected chi connectivity index (χ1v) is 9.77. The van der Waals surface area contributed by atoms with Crippen LogP contribution in [0.25, 0.3) is 33.5 Å². The Hall–Kier alpha value is -4.27. The summed E-state index contributed by atoms with van der Waals surface area (Å²) in [5.41, 5.74) is 2.42. The Labute approximate surface area is 179 Å². The highest BCUT2D eigenvalue weighted by atomic mass is 19.1. The van der Waals surface area contributed by atoms with Crippen LogP contribution in [0.2, 0.25) is 0 Å². The van der Waals surface area contributed by atoms with E-state index in [1.54, 1.807) is 49.4 Å². The van der Waals surface area contributed by atoms with Gasteiger partial charge in [0.1, 0.15) is 23.5 Å². The molecule has 0 bridgehead atoms. The molecule has 2 N–H and O–H groups in total. The second kappa shape index (κ2) is 7.45. The van der Waals surface area contributed by atoms with E-state index in [0.29, 0.717) is 27.8 Å². The molecule has 9 heteroatoms. The number of oxazole rings is 1. The Morgan fingerprint density at radius 3 is 2.78 bits per heavy atom. The van der Waals surface area contributed by atoms with Crippen LogP contribution in [0, 0.1) is 11.6 Å². The number of fused-ring (bicyclic) bond motifs is 2. The van der Waals surface area contributed by atoms with Gasteiger partial charge in [-0.1, -0.05) is 12.1 Å². The molecule has 5 aromatic rings. The lowest BCUT2D eigenvalue weighted by Crippen LogP contribution is -2.29. The predicted molar refractivity (Wildman–Crippen MR) is 115 cm³/mol. The van der Waals surface area contributed by atoms with E-state index in [-0.39, 0.29) is 11.4 Å². The van der Waals surface area contributed by atoms with Crippen molar-refractivity contribution in [3.63, 3.8) is 0 Å². The van der Waals surface area contributed by atoms with Crippen molar-refractivity contribution in [1.29, 1.82) is 0 Å². The molecule has 0 fully saturated rings. The maximum absolute atomic E-state index is 14.1. The summed E-state index contributed by atoms with van der Waals surface area (Å²) in [4.78, 5) is 32.3. The summed E-state index contributed by atoms with van der Waals surface area (Å²) in [6.45, 7) is 1.60. The van der Waals surface area contributed by atoms with E-state index in [1.807, 2.05) is 0 Å². The summed E-state index contributed by atoms with van der Waals surface area (Å²) in [5, 5.41) is 2.76. The van der Waals surface area contributed by atoms with Crippen molar-refractivity contribution in [2.45, 2.75) is 13.0 Å². The number of aromatic nitrogens is 3. The molecule has 160 valence electrons. The number of amides is 1. The number of aromatic amines is 1. The minimum Gasteiger partial charge on any atom is -0.408 e. The van der Waals surface area contributed by atoms with Gasteiger partial charge in [0.25, 0.3) is 0 Å². The number of hydrogen-bond donors (Lipinski definition) is 2. The minimum absolute atomic E-state index is 0.00613. The third-order valence-corrected chi connectivity index (χ3v) is 5.22. The first kappa shape index (κ1) is 19.7. The summed E-state index contributed by atoms with van der Waals surface area (Å²) < 4.78 is 34.1. The van der Waals surface area contributed by atoms with Gasteiger partial charge in [0, 0.05) is 5.69 Å². The molecule has 1 atom stereocenters. The van der Waals surface area contributed by atoms with Crippen molar-refractivity contribution < 1.29 is 18.0 Å². The number of rotatable bonds is 4. The fourth-order valence-corrected chi connectivity index (χ4v) is 3.61. The van der Waals surface area contributed by atoms with Gasteiger partial charge in [-0.25, -0.2) is 18.6 Å². The highest BCUT2D eigenvalue weighted by molar-refractivity contribution is 5.96. The van der Waals surface area contributed by atoms with Gasteiger partial charge in [0.15, 0.2) is 5.58 Å². The third kappa shape index (κ3) is 3.33. The van der Waals surface area contributed by atoms with E-state index >= 15 is 0 Å². The average molecular weight is 434 g/mol. The summed E-state index contributed by atoms with van der Waals surface area (Å²) in [6.07, 6.45) is 0. The number of halogens is 2. The predicted octanol–water partition coefficient (Wildman–Crippen LogP) is 4.62. The van der Waals surface area contributed by atoms with Crippen LogP contribution < -0.4 is 11.1 Å². The van der Waals surface area contributed by atoms with Gasteiger partial charge >= 0.3 is 5.76 Å². The van der Waals surface area contributed by atoms with E-state index in [9.17, 15) is 18.4 Å². The highest BCUT2D eigenvalue weighted by Crippen LogP contribution is 2.26. The minimum atomic E-state index is -0.833. The molecule has 0 aliphatic rings. The van der Waals surface area contributed by atoms with Gasteiger partial charge < -0.3 is 14.7 Å². The van der Waals surface area contributed by atoms with Gasteiger partial charge in [0.05, 0.1) is 22.1 Å². The van der Waals surface area contributed by atoms with E-state index in [4.69, 9.17) is 4.42 Å². The van der Waals surface area contributed by atoms with Crippen LogP contribution in [-0.4, -0.2) is 20.4 Å². The average Bonchev–Trinajstić information content (AvgIpc) is 3.34. The largest absolute Gasteiger partial charge is 0.420 e. The zero-order valence-corrected chi connectivity index (χ0v) is 16.7. The van der Waals surface area contributed by atoms with E-state index < -0.39 is 29.3 Å². The molecule has 3 aromatic carbocycles. The summed E-state index contributed by atoms with van der Waals surface area (Å²) in [5.74, 6) is -2.06. The molecular weight excluding hydrogens is 418 g/mol. The van der Waals surface area contributed by atoms with Gasteiger partial charge in [-0.2, -0.15) is 0 Å². The monoisotopic (exact) mass is 434 g/mol. The number of carbonyl (C=O) groups excluding carboxylic acids is 1. The number of para-hydroxylation sites is 2. The molecule has 2 heterocycles. The third-order valence-electron chi connectivity index (χ3n) is 5.22. The Balaban J connectivity index is 1.44. The van der Waals surface area contributed by atoms with Crippen LogP contribution in [0.15, 0.2) is 69.9 Å². The summed E-state index contributed by atoms with van der Waals surface area (Å²) in [7, 11) is 0. The smallest absolute Gasteiger partial charge is 0.408 e. The number of nitrogens with one attached hydrogen (secondary N) is 2. The Kier molecular flexibility index (Phi) is 4.58. The van der Waals surface area contributed by atoms with Gasteiger partial charge in [0.2, 0.25) is 5.91 Å². The number of benzene rings is 3. The maximum atomic E-state index is 14.1. The molecule has 0 aliphatic carbocycles. The Bertz CT molecular complexity index is 1550. The first-order valence-electron chi connectivity index (χ1n) is 9.77. The Morgan fingerprint density at radius 2 is 1.94 bits per heavy atom. The molecule has 7 nitrogen and oxygen atoms in total. The number of nitrogens with zero attached hydrogens (tertiary/aromatic N) is 2. The maximum Gasteiger partial charge on any atom is 0.420 e.